The lowest BCUT2D eigenvalue weighted by atomic mass is 10.1. The molecule has 0 aliphatic heterocycles. The molecule has 0 bridgehead atoms. The van der Waals surface area contributed by atoms with E-state index in [2.05, 4.69) is 15.4 Å². The lowest BCUT2D eigenvalue weighted by Crippen LogP contribution is -2.14. The van der Waals surface area contributed by atoms with Gasteiger partial charge in [0.05, 0.1) is 17.0 Å². The van der Waals surface area contributed by atoms with Crippen molar-refractivity contribution in [2.75, 3.05) is 11.1 Å². The number of benzene rings is 2. The summed E-state index contributed by atoms with van der Waals surface area (Å²) in [5.41, 5.74) is 3.90. The molecule has 0 spiro atoms. The largest absolute Gasteiger partial charge is 0.325 e. The van der Waals surface area contributed by atoms with Gasteiger partial charge in [-0.3, -0.25) is 4.79 Å². The number of aryl methyl sites for hydroxylation is 1. The molecule has 0 atom stereocenters. The Morgan fingerprint density at radius 1 is 1.21 bits per heavy atom. The Labute approximate surface area is 175 Å². The van der Waals surface area contributed by atoms with Crippen LogP contribution in [0.1, 0.15) is 5.56 Å². The third-order valence-corrected chi connectivity index (χ3v) is 5.69. The number of anilines is 1. The average Bonchev–Trinajstić information content (AvgIpc) is 3.14. The highest BCUT2D eigenvalue weighted by molar-refractivity contribution is 8.00. The van der Waals surface area contributed by atoms with Gasteiger partial charge < -0.3 is 5.32 Å². The van der Waals surface area contributed by atoms with Gasteiger partial charge in [-0.05, 0) is 55.0 Å². The Morgan fingerprint density at radius 3 is 2.76 bits per heavy atom. The standard InChI is InChI=1S/C21H16ClFN4OS/c1-13-2-7-16(10-17(13)22)25-20(28)12-29-21-19-11-18(26-27(19)9-8-24-21)14-3-5-15(23)6-4-14/h2-11H,12H2,1H3,(H,25,28). The van der Waals surface area contributed by atoms with Crippen LogP contribution >= 0.6 is 23.4 Å². The summed E-state index contributed by atoms with van der Waals surface area (Å²) in [4.78, 5) is 16.7. The summed E-state index contributed by atoms with van der Waals surface area (Å²) in [5, 5.41) is 8.64. The number of carbonyl (C=O) groups is 1. The van der Waals surface area contributed by atoms with Crippen molar-refractivity contribution in [2.45, 2.75) is 11.9 Å². The molecular weight excluding hydrogens is 411 g/mol. The first-order valence-corrected chi connectivity index (χ1v) is 10.1. The summed E-state index contributed by atoms with van der Waals surface area (Å²) in [6.07, 6.45) is 3.37. The van der Waals surface area contributed by atoms with Gasteiger partial charge in [0.15, 0.2) is 0 Å². The molecule has 29 heavy (non-hydrogen) atoms. The fourth-order valence-corrected chi connectivity index (χ4v) is 3.73. The molecule has 0 radical (unpaired) electrons. The Kier molecular flexibility index (Phi) is 5.51. The predicted octanol–water partition coefficient (Wildman–Crippen LogP) is 5.23. The molecule has 4 aromatic rings. The minimum atomic E-state index is -0.295. The molecule has 0 aliphatic carbocycles. The number of nitrogens with zero attached hydrogens (tertiary/aromatic N) is 3. The summed E-state index contributed by atoms with van der Waals surface area (Å²) in [6, 6.07) is 13.4. The lowest BCUT2D eigenvalue weighted by Gasteiger charge is -2.07. The number of hydrogen-bond acceptors (Lipinski definition) is 4. The number of thioether (sulfide) groups is 1. The van der Waals surface area contributed by atoms with Gasteiger partial charge in [-0.1, -0.05) is 29.4 Å². The van der Waals surface area contributed by atoms with Gasteiger partial charge in [0, 0.05) is 28.7 Å². The van der Waals surface area contributed by atoms with Crippen molar-refractivity contribution in [2.24, 2.45) is 0 Å². The monoisotopic (exact) mass is 426 g/mol. The smallest absolute Gasteiger partial charge is 0.234 e. The molecule has 0 aliphatic rings. The molecule has 1 N–H and O–H groups in total. The summed E-state index contributed by atoms with van der Waals surface area (Å²) in [7, 11) is 0. The second-order valence-corrected chi connectivity index (χ2v) is 7.77. The van der Waals surface area contributed by atoms with Gasteiger partial charge in [0.1, 0.15) is 10.8 Å². The van der Waals surface area contributed by atoms with Crippen LogP contribution in [0, 0.1) is 12.7 Å². The predicted molar refractivity (Wildman–Crippen MR) is 114 cm³/mol. The van der Waals surface area contributed by atoms with Gasteiger partial charge in [0.25, 0.3) is 0 Å². The molecular formula is C21H16ClFN4OS. The van der Waals surface area contributed by atoms with Crippen molar-refractivity contribution >= 4 is 40.5 Å². The number of amides is 1. The quantitative estimate of drug-likeness (QED) is 0.444. The number of nitrogens with one attached hydrogen (secondary N) is 1. The number of rotatable bonds is 5. The number of aromatic nitrogens is 3. The topological polar surface area (TPSA) is 59.3 Å². The fourth-order valence-electron chi connectivity index (χ4n) is 2.77. The molecule has 0 unspecified atom stereocenters. The van der Waals surface area contributed by atoms with E-state index in [-0.39, 0.29) is 17.5 Å². The number of fused-ring (bicyclic) bond motifs is 1. The first kappa shape index (κ1) is 19.4. The van der Waals surface area contributed by atoms with Crippen LogP contribution in [0.2, 0.25) is 5.02 Å². The Balaban J connectivity index is 1.49. The van der Waals surface area contributed by atoms with Crippen LogP contribution in [0.5, 0.6) is 0 Å². The minimum Gasteiger partial charge on any atom is -0.325 e. The van der Waals surface area contributed by atoms with Crippen molar-refractivity contribution in [3.8, 4) is 11.3 Å². The zero-order valence-electron chi connectivity index (χ0n) is 15.4. The summed E-state index contributed by atoms with van der Waals surface area (Å²) in [6.45, 7) is 1.90. The fraction of sp³-hybridized carbons (Fsp3) is 0.0952. The molecule has 0 fully saturated rings. The van der Waals surface area contributed by atoms with E-state index in [1.54, 1.807) is 35.1 Å². The van der Waals surface area contributed by atoms with Crippen LogP contribution in [-0.2, 0) is 4.79 Å². The highest BCUT2D eigenvalue weighted by Gasteiger charge is 2.12. The van der Waals surface area contributed by atoms with E-state index in [0.29, 0.717) is 21.4 Å². The van der Waals surface area contributed by atoms with Crippen molar-refractivity contribution in [3.63, 3.8) is 0 Å². The highest BCUT2D eigenvalue weighted by atomic mass is 35.5. The maximum Gasteiger partial charge on any atom is 0.234 e. The van der Waals surface area contributed by atoms with E-state index in [0.717, 1.165) is 16.6 Å². The first-order valence-electron chi connectivity index (χ1n) is 8.79. The second-order valence-electron chi connectivity index (χ2n) is 6.40. The molecule has 2 heterocycles. The lowest BCUT2D eigenvalue weighted by molar-refractivity contribution is -0.113. The summed E-state index contributed by atoms with van der Waals surface area (Å²) in [5.74, 6) is -0.261. The van der Waals surface area contributed by atoms with E-state index in [1.807, 2.05) is 25.1 Å². The van der Waals surface area contributed by atoms with Crippen LogP contribution in [0.4, 0.5) is 10.1 Å². The third-order valence-electron chi connectivity index (χ3n) is 4.29. The number of hydrogen-bond donors (Lipinski definition) is 1. The molecule has 5 nitrogen and oxygen atoms in total. The zero-order chi connectivity index (χ0) is 20.4. The van der Waals surface area contributed by atoms with Crippen LogP contribution in [0.15, 0.2) is 66.0 Å². The highest BCUT2D eigenvalue weighted by Crippen LogP contribution is 2.26. The van der Waals surface area contributed by atoms with Gasteiger partial charge in [0.2, 0.25) is 5.91 Å². The van der Waals surface area contributed by atoms with Crippen LogP contribution in [0.3, 0.4) is 0 Å². The van der Waals surface area contributed by atoms with Crippen molar-refractivity contribution in [1.29, 1.82) is 0 Å². The molecule has 0 saturated carbocycles. The Hall–Kier alpha value is -2.90. The normalized spacial score (nSPS) is 11.0. The SMILES string of the molecule is Cc1ccc(NC(=O)CSc2nccn3nc(-c4ccc(F)cc4)cc23)cc1Cl. The molecule has 8 heteroatoms. The summed E-state index contributed by atoms with van der Waals surface area (Å²) < 4.78 is 14.9. The molecule has 4 rings (SSSR count). The zero-order valence-corrected chi connectivity index (χ0v) is 17.0. The van der Waals surface area contributed by atoms with Crippen LogP contribution in [-0.4, -0.2) is 26.3 Å². The van der Waals surface area contributed by atoms with Gasteiger partial charge in [-0.2, -0.15) is 5.10 Å². The minimum absolute atomic E-state index is 0.156. The number of halogens is 2. The van der Waals surface area contributed by atoms with Gasteiger partial charge >= 0.3 is 0 Å². The van der Waals surface area contributed by atoms with E-state index in [1.165, 1.54) is 23.9 Å². The third kappa shape index (κ3) is 4.41. The molecule has 0 saturated heterocycles. The van der Waals surface area contributed by atoms with Crippen molar-refractivity contribution in [1.82, 2.24) is 14.6 Å². The average molecular weight is 427 g/mol. The van der Waals surface area contributed by atoms with E-state index in [4.69, 9.17) is 11.6 Å². The maximum absolute atomic E-state index is 13.2. The Bertz CT molecular complexity index is 1190. The molecule has 2 aromatic carbocycles. The van der Waals surface area contributed by atoms with Crippen molar-refractivity contribution < 1.29 is 9.18 Å². The van der Waals surface area contributed by atoms with Crippen LogP contribution in [0.25, 0.3) is 16.8 Å². The molecule has 146 valence electrons. The number of carbonyl (C=O) groups excluding carboxylic acids is 1. The Morgan fingerprint density at radius 2 is 2.00 bits per heavy atom. The van der Waals surface area contributed by atoms with Crippen LogP contribution < -0.4 is 5.32 Å². The molecule has 1 amide bonds. The first-order chi connectivity index (χ1) is 14.0. The van der Waals surface area contributed by atoms with Gasteiger partial charge in [-0.25, -0.2) is 13.9 Å². The summed E-state index contributed by atoms with van der Waals surface area (Å²) >= 11 is 7.42. The van der Waals surface area contributed by atoms with Crippen molar-refractivity contribution in [3.05, 3.63) is 77.3 Å². The van der Waals surface area contributed by atoms with E-state index >= 15 is 0 Å². The maximum atomic E-state index is 13.2. The van der Waals surface area contributed by atoms with Gasteiger partial charge in [-0.15, -0.1) is 0 Å². The van der Waals surface area contributed by atoms with E-state index in [9.17, 15) is 9.18 Å². The van der Waals surface area contributed by atoms with E-state index < -0.39 is 0 Å². The molecule has 2 aromatic heterocycles. The second kappa shape index (κ2) is 8.23.